The van der Waals surface area contributed by atoms with Crippen LogP contribution >= 0.6 is 0 Å². The largest absolute Gasteiger partial charge is 0.279 e. The van der Waals surface area contributed by atoms with Crippen molar-refractivity contribution in [2.75, 3.05) is 4.72 Å². The summed E-state index contributed by atoms with van der Waals surface area (Å²) in [6.45, 7) is 2.90. The minimum absolute atomic E-state index is 0.0347. The Hall–Kier alpha value is -3.01. The van der Waals surface area contributed by atoms with Crippen LogP contribution in [-0.4, -0.2) is 18.3 Å². The van der Waals surface area contributed by atoms with Gasteiger partial charge < -0.3 is 0 Å². The zero-order valence-corrected chi connectivity index (χ0v) is 13.5. The van der Waals surface area contributed by atoms with E-state index in [0.717, 1.165) is 6.07 Å². The highest BCUT2D eigenvalue weighted by Crippen LogP contribution is 2.28. The molecular weight excluding hydrogens is 338 g/mol. The lowest BCUT2D eigenvalue weighted by atomic mass is 10.2. The first-order chi connectivity index (χ1) is 11.1. The number of hydrogen-bond acceptors (Lipinski definition) is 6. The van der Waals surface area contributed by atoms with Crippen LogP contribution in [-0.2, 0) is 10.0 Å². The van der Waals surface area contributed by atoms with E-state index in [4.69, 9.17) is 0 Å². The molecule has 0 fully saturated rings. The van der Waals surface area contributed by atoms with E-state index >= 15 is 0 Å². The van der Waals surface area contributed by atoms with Crippen molar-refractivity contribution in [3.05, 3.63) is 67.8 Å². The molecule has 0 heterocycles. The standard InChI is InChI=1S/C14H13N3O6S/c1-9-6-7-11(8-14(9)17(20)21)24(22,23)15-12-4-3-5-13(10(12)2)16(18)19/h3-8,15H,1-2H3. The molecule has 2 rings (SSSR count). The summed E-state index contributed by atoms with van der Waals surface area (Å²) in [7, 11) is -4.13. The van der Waals surface area contributed by atoms with Crippen LogP contribution in [0.5, 0.6) is 0 Å². The minimum atomic E-state index is -4.13. The first-order valence-corrected chi connectivity index (χ1v) is 8.13. The third-order valence-corrected chi connectivity index (χ3v) is 4.80. The lowest BCUT2D eigenvalue weighted by Crippen LogP contribution is -2.14. The second-order valence-electron chi connectivity index (χ2n) is 5.02. The second kappa shape index (κ2) is 6.24. The van der Waals surface area contributed by atoms with Crippen molar-refractivity contribution < 1.29 is 18.3 Å². The van der Waals surface area contributed by atoms with E-state index in [-0.39, 0.29) is 27.5 Å². The van der Waals surface area contributed by atoms with Gasteiger partial charge >= 0.3 is 0 Å². The fourth-order valence-corrected chi connectivity index (χ4v) is 3.23. The highest BCUT2D eigenvalue weighted by Gasteiger charge is 2.22. The van der Waals surface area contributed by atoms with E-state index in [1.54, 1.807) is 0 Å². The number of anilines is 1. The maximum atomic E-state index is 12.4. The van der Waals surface area contributed by atoms with Gasteiger partial charge in [0.25, 0.3) is 21.4 Å². The monoisotopic (exact) mass is 351 g/mol. The predicted octanol–water partition coefficient (Wildman–Crippen LogP) is 2.92. The summed E-state index contributed by atoms with van der Waals surface area (Å²) < 4.78 is 27.1. The lowest BCUT2D eigenvalue weighted by molar-refractivity contribution is -0.385. The lowest BCUT2D eigenvalue weighted by Gasteiger charge is -2.11. The van der Waals surface area contributed by atoms with E-state index in [9.17, 15) is 28.6 Å². The van der Waals surface area contributed by atoms with E-state index < -0.39 is 19.9 Å². The number of aryl methyl sites for hydroxylation is 1. The molecule has 10 heteroatoms. The molecule has 0 saturated carbocycles. The Morgan fingerprint density at radius 1 is 0.958 bits per heavy atom. The molecule has 126 valence electrons. The molecule has 0 spiro atoms. The molecule has 0 atom stereocenters. The number of nitrogens with zero attached hydrogens (tertiary/aromatic N) is 2. The molecule has 24 heavy (non-hydrogen) atoms. The molecule has 0 bridgehead atoms. The van der Waals surface area contributed by atoms with E-state index in [2.05, 4.69) is 4.72 Å². The maximum Gasteiger partial charge on any atom is 0.274 e. The van der Waals surface area contributed by atoms with Crippen LogP contribution in [0.15, 0.2) is 41.3 Å². The average Bonchev–Trinajstić information content (AvgIpc) is 2.48. The average molecular weight is 351 g/mol. The van der Waals surface area contributed by atoms with Crippen LogP contribution in [0.1, 0.15) is 11.1 Å². The van der Waals surface area contributed by atoms with Gasteiger partial charge in [-0.05, 0) is 26.0 Å². The van der Waals surface area contributed by atoms with Gasteiger partial charge in [-0.25, -0.2) is 8.42 Å². The van der Waals surface area contributed by atoms with Crippen molar-refractivity contribution in [2.45, 2.75) is 18.7 Å². The molecule has 0 radical (unpaired) electrons. The smallest absolute Gasteiger partial charge is 0.274 e. The third-order valence-electron chi connectivity index (χ3n) is 3.43. The van der Waals surface area contributed by atoms with Gasteiger partial charge in [0, 0.05) is 17.7 Å². The van der Waals surface area contributed by atoms with Gasteiger partial charge in [0.2, 0.25) is 0 Å². The topological polar surface area (TPSA) is 132 Å². The zero-order valence-electron chi connectivity index (χ0n) is 12.7. The van der Waals surface area contributed by atoms with Crippen molar-refractivity contribution in [3.63, 3.8) is 0 Å². The Bertz CT molecular complexity index is 940. The van der Waals surface area contributed by atoms with Crippen LogP contribution in [0.3, 0.4) is 0 Å². The van der Waals surface area contributed by atoms with Gasteiger partial charge in [0.05, 0.1) is 26.0 Å². The van der Waals surface area contributed by atoms with Gasteiger partial charge in [-0.1, -0.05) is 12.1 Å². The molecule has 0 aliphatic carbocycles. The molecule has 2 aromatic rings. The van der Waals surface area contributed by atoms with Crippen molar-refractivity contribution in [3.8, 4) is 0 Å². The number of rotatable bonds is 5. The van der Waals surface area contributed by atoms with Crippen LogP contribution in [0.25, 0.3) is 0 Å². The fraction of sp³-hybridized carbons (Fsp3) is 0.143. The van der Waals surface area contributed by atoms with Gasteiger partial charge in [-0.15, -0.1) is 0 Å². The molecule has 9 nitrogen and oxygen atoms in total. The van der Waals surface area contributed by atoms with Crippen molar-refractivity contribution in [1.29, 1.82) is 0 Å². The van der Waals surface area contributed by atoms with E-state index in [1.165, 1.54) is 44.2 Å². The molecule has 0 amide bonds. The van der Waals surface area contributed by atoms with Gasteiger partial charge in [0.1, 0.15) is 0 Å². The Kier molecular flexibility index (Phi) is 4.51. The van der Waals surface area contributed by atoms with Gasteiger partial charge in [0.15, 0.2) is 0 Å². The van der Waals surface area contributed by atoms with E-state index in [0.29, 0.717) is 5.56 Å². The molecule has 2 aromatic carbocycles. The first kappa shape index (κ1) is 17.3. The number of nitrogens with one attached hydrogen (secondary N) is 1. The first-order valence-electron chi connectivity index (χ1n) is 6.65. The van der Waals surface area contributed by atoms with Crippen LogP contribution in [0.2, 0.25) is 0 Å². The van der Waals surface area contributed by atoms with Crippen molar-refractivity contribution in [1.82, 2.24) is 0 Å². The molecular formula is C14H13N3O6S. The quantitative estimate of drug-likeness (QED) is 0.650. The predicted molar refractivity (Wildman–Crippen MR) is 86.5 cm³/mol. The summed E-state index contributed by atoms with van der Waals surface area (Å²) in [4.78, 5) is 20.3. The molecule has 1 N–H and O–H groups in total. The molecule has 0 unspecified atom stereocenters. The highest BCUT2D eigenvalue weighted by molar-refractivity contribution is 7.92. The summed E-state index contributed by atoms with van der Waals surface area (Å²) in [6, 6.07) is 7.49. The zero-order chi connectivity index (χ0) is 18.1. The number of benzene rings is 2. The Labute approximate surface area is 137 Å². The van der Waals surface area contributed by atoms with Gasteiger partial charge in [-0.2, -0.15) is 0 Å². The number of sulfonamides is 1. The highest BCUT2D eigenvalue weighted by atomic mass is 32.2. The number of nitro benzene ring substituents is 2. The molecule has 0 aliphatic rings. The van der Waals surface area contributed by atoms with E-state index in [1.807, 2.05) is 0 Å². The number of hydrogen-bond donors (Lipinski definition) is 1. The summed E-state index contributed by atoms with van der Waals surface area (Å²) in [6.07, 6.45) is 0. The summed E-state index contributed by atoms with van der Waals surface area (Å²) >= 11 is 0. The van der Waals surface area contributed by atoms with Gasteiger partial charge in [-0.3, -0.25) is 25.0 Å². The molecule has 0 aliphatic heterocycles. The molecule has 0 aromatic heterocycles. The third kappa shape index (κ3) is 3.33. The van der Waals surface area contributed by atoms with Crippen molar-refractivity contribution in [2.24, 2.45) is 0 Å². The molecule has 0 saturated heterocycles. The summed E-state index contributed by atoms with van der Waals surface area (Å²) in [5.74, 6) is 0. The van der Waals surface area contributed by atoms with Crippen LogP contribution < -0.4 is 4.72 Å². The fourth-order valence-electron chi connectivity index (χ4n) is 2.09. The van der Waals surface area contributed by atoms with Crippen molar-refractivity contribution >= 4 is 27.1 Å². The Balaban J connectivity index is 2.47. The Morgan fingerprint density at radius 3 is 2.17 bits per heavy atom. The summed E-state index contributed by atoms with van der Waals surface area (Å²) in [5.41, 5.74) is -0.0516. The SMILES string of the molecule is Cc1ccc(S(=O)(=O)Nc2cccc([N+](=O)[O-])c2C)cc1[N+](=O)[O-]. The van der Waals surface area contributed by atoms with Crippen LogP contribution in [0, 0.1) is 34.1 Å². The maximum absolute atomic E-state index is 12.4. The second-order valence-corrected chi connectivity index (χ2v) is 6.70. The minimum Gasteiger partial charge on any atom is -0.279 e. The van der Waals surface area contributed by atoms with Crippen LogP contribution in [0.4, 0.5) is 17.1 Å². The normalized spacial score (nSPS) is 11.1. The number of nitro groups is 2. The Morgan fingerprint density at radius 2 is 1.58 bits per heavy atom. The summed E-state index contributed by atoms with van der Waals surface area (Å²) in [5, 5.41) is 21.9.